The Morgan fingerprint density at radius 3 is 2.38 bits per heavy atom. The van der Waals surface area contributed by atoms with Crippen molar-refractivity contribution >= 4 is 17.5 Å². The summed E-state index contributed by atoms with van der Waals surface area (Å²) in [4.78, 5) is 27.1. The molecule has 2 aliphatic heterocycles. The summed E-state index contributed by atoms with van der Waals surface area (Å²) in [6.45, 7) is 0.720. The number of halogens is 3. The number of nitrogens with zero attached hydrogens (tertiary/aromatic N) is 2. The van der Waals surface area contributed by atoms with E-state index in [4.69, 9.17) is 0 Å². The Hall–Kier alpha value is -2.05. The number of benzene rings is 1. The van der Waals surface area contributed by atoms with Gasteiger partial charge in [0.05, 0.1) is 5.92 Å². The summed E-state index contributed by atoms with van der Waals surface area (Å²) in [6.07, 6.45) is -2.50. The van der Waals surface area contributed by atoms with Crippen LogP contribution in [0.25, 0.3) is 0 Å². The quantitative estimate of drug-likeness (QED) is 0.829. The molecular weight excluding hydrogens is 321 g/mol. The first-order valence-electron chi connectivity index (χ1n) is 8.12. The van der Waals surface area contributed by atoms with Gasteiger partial charge < -0.3 is 9.80 Å². The lowest BCUT2D eigenvalue weighted by atomic mass is 9.97. The number of piperidine rings is 1. The summed E-state index contributed by atoms with van der Waals surface area (Å²) >= 11 is 0. The predicted molar refractivity (Wildman–Crippen MR) is 82.7 cm³/mol. The third kappa shape index (κ3) is 3.39. The number of carbonyl (C=O) groups is 2. The van der Waals surface area contributed by atoms with Crippen molar-refractivity contribution in [3.8, 4) is 0 Å². The third-order valence-corrected chi connectivity index (χ3v) is 4.67. The number of likely N-dealkylation sites (tertiary alicyclic amines) is 1. The zero-order valence-corrected chi connectivity index (χ0v) is 13.2. The van der Waals surface area contributed by atoms with Crippen molar-refractivity contribution in [1.29, 1.82) is 0 Å². The molecule has 2 saturated heterocycles. The van der Waals surface area contributed by atoms with Crippen LogP contribution in [-0.4, -0.2) is 42.5 Å². The molecule has 24 heavy (non-hydrogen) atoms. The zero-order chi connectivity index (χ0) is 17.3. The molecule has 0 N–H and O–H groups in total. The molecule has 1 aromatic rings. The fourth-order valence-electron chi connectivity index (χ4n) is 3.32. The van der Waals surface area contributed by atoms with Crippen LogP contribution < -0.4 is 4.90 Å². The molecule has 130 valence electrons. The number of carbonyl (C=O) groups excluding carboxylic acids is 2. The van der Waals surface area contributed by atoms with Gasteiger partial charge in [-0.25, -0.2) is 0 Å². The van der Waals surface area contributed by atoms with E-state index in [0.29, 0.717) is 31.5 Å². The minimum Gasteiger partial charge on any atom is -0.338 e. The topological polar surface area (TPSA) is 40.6 Å². The molecule has 1 atom stereocenters. The van der Waals surface area contributed by atoms with E-state index in [0.717, 1.165) is 12.1 Å². The van der Waals surface area contributed by atoms with E-state index in [1.54, 1.807) is 29.2 Å². The second-order valence-electron chi connectivity index (χ2n) is 6.33. The monoisotopic (exact) mass is 340 g/mol. The molecule has 3 rings (SSSR count). The van der Waals surface area contributed by atoms with Crippen molar-refractivity contribution < 1.29 is 22.8 Å². The van der Waals surface area contributed by atoms with Crippen LogP contribution in [0.5, 0.6) is 0 Å². The van der Waals surface area contributed by atoms with Crippen LogP contribution in [0.15, 0.2) is 24.3 Å². The van der Waals surface area contributed by atoms with Crippen molar-refractivity contribution in [2.24, 2.45) is 5.92 Å². The van der Waals surface area contributed by atoms with Crippen molar-refractivity contribution in [3.63, 3.8) is 0 Å². The highest BCUT2D eigenvalue weighted by molar-refractivity contribution is 5.97. The highest BCUT2D eigenvalue weighted by Crippen LogP contribution is 2.33. The minimum absolute atomic E-state index is 0.0538. The molecular formula is C17H19F3N2O2. The molecule has 1 aromatic carbocycles. The van der Waals surface area contributed by atoms with Gasteiger partial charge in [-0.2, -0.15) is 13.2 Å². The fraction of sp³-hybridized carbons (Fsp3) is 0.529. The maximum absolute atomic E-state index is 12.9. The van der Waals surface area contributed by atoms with Crippen molar-refractivity contribution in [1.82, 2.24) is 4.90 Å². The lowest BCUT2D eigenvalue weighted by Gasteiger charge is -2.33. The van der Waals surface area contributed by atoms with E-state index in [-0.39, 0.29) is 24.8 Å². The maximum atomic E-state index is 12.9. The van der Waals surface area contributed by atoms with Crippen LogP contribution in [0, 0.1) is 5.92 Å². The highest BCUT2D eigenvalue weighted by atomic mass is 19.4. The summed E-state index contributed by atoms with van der Waals surface area (Å²) in [6, 6.07) is 6.53. The summed E-state index contributed by atoms with van der Waals surface area (Å²) in [5.41, 5.74) is 1.08. The van der Waals surface area contributed by atoms with E-state index >= 15 is 0 Å². The highest BCUT2D eigenvalue weighted by Gasteiger charge is 2.42. The molecule has 2 aliphatic rings. The van der Waals surface area contributed by atoms with Crippen molar-refractivity contribution in [2.45, 2.75) is 31.9 Å². The fourth-order valence-corrected chi connectivity index (χ4v) is 3.32. The van der Waals surface area contributed by atoms with E-state index in [1.807, 2.05) is 0 Å². The number of rotatable bonds is 2. The van der Waals surface area contributed by atoms with Gasteiger partial charge in [0.2, 0.25) is 5.91 Å². The van der Waals surface area contributed by atoms with Gasteiger partial charge in [-0.1, -0.05) is 0 Å². The summed E-state index contributed by atoms with van der Waals surface area (Å²) in [5, 5.41) is 0. The van der Waals surface area contributed by atoms with Crippen molar-refractivity contribution in [2.75, 3.05) is 24.5 Å². The third-order valence-electron chi connectivity index (χ3n) is 4.67. The summed E-state index contributed by atoms with van der Waals surface area (Å²) in [7, 11) is 0. The van der Waals surface area contributed by atoms with E-state index < -0.39 is 12.1 Å². The number of amides is 2. The minimum atomic E-state index is -4.26. The maximum Gasteiger partial charge on any atom is 0.393 e. The van der Waals surface area contributed by atoms with Crippen LogP contribution in [-0.2, 0) is 4.79 Å². The van der Waals surface area contributed by atoms with Crippen LogP contribution in [0.1, 0.15) is 36.0 Å². The molecule has 1 unspecified atom stereocenters. The van der Waals surface area contributed by atoms with Gasteiger partial charge in [-0.3, -0.25) is 9.59 Å². The van der Waals surface area contributed by atoms with E-state index in [1.165, 1.54) is 4.90 Å². The molecule has 0 radical (unpaired) electrons. The smallest absolute Gasteiger partial charge is 0.338 e. The average Bonchev–Trinajstić information content (AvgIpc) is 3.00. The summed E-state index contributed by atoms with van der Waals surface area (Å²) < 4.78 is 38.6. The Bertz CT molecular complexity index is 628. The Morgan fingerprint density at radius 1 is 1.08 bits per heavy atom. The standard InChI is InChI=1S/C17H19F3N2O2/c18-17(19,20)13-3-1-9-21(11-13)16(24)12-5-7-14(8-6-12)22-10-2-4-15(22)23/h5-8,13H,1-4,9-11H2. The molecule has 0 aliphatic carbocycles. The van der Waals surface area contributed by atoms with Crippen LogP contribution >= 0.6 is 0 Å². The lowest BCUT2D eigenvalue weighted by Crippen LogP contribution is -2.44. The Labute approximate surface area is 138 Å². The molecule has 7 heteroatoms. The number of alkyl halides is 3. The van der Waals surface area contributed by atoms with Crippen LogP contribution in [0.4, 0.5) is 18.9 Å². The molecule has 2 heterocycles. The van der Waals surface area contributed by atoms with Gasteiger partial charge in [0.1, 0.15) is 0 Å². The van der Waals surface area contributed by atoms with E-state index in [9.17, 15) is 22.8 Å². The number of hydrogen-bond donors (Lipinski definition) is 0. The number of hydrogen-bond acceptors (Lipinski definition) is 2. The second-order valence-corrected chi connectivity index (χ2v) is 6.33. The first-order valence-corrected chi connectivity index (χ1v) is 8.12. The normalized spacial score (nSPS) is 22.1. The SMILES string of the molecule is O=C(c1ccc(N2CCCC2=O)cc1)N1CCCC(C(F)(F)F)C1. The van der Waals surface area contributed by atoms with Gasteiger partial charge in [-0.15, -0.1) is 0 Å². The molecule has 2 fully saturated rings. The molecule has 2 amide bonds. The largest absolute Gasteiger partial charge is 0.393 e. The molecule has 0 spiro atoms. The van der Waals surface area contributed by atoms with E-state index in [2.05, 4.69) is 0 Å². The molecule has 4 nitrogen and oxygen atoms in total. The van der Waals surface area contributed by atoms with Gasteiger partial charge in [-0.05, 0) is 43.5 Å². The second kappa shape index (κ2) is 6.45. The Kier molecular flexibility index (Phi) is 4.51. The molecule has 0 aromatic heterocycles. The van der Waals surface area contributed by atoms with Gasteiger partial charge in [0.15, 0.2) is 0 Å². The number of anilines is 1. The Balaban J connectivity index is 1.70. The van der Waals surface area contributed by atoms with Gasteiger partial charge in [0, 0.05) is 37.3 Å². The zero-order valence-electron chi connectivity index (χ0n) is 13.2. The van der Waals surface area contributed by atoms with Gasteiger partial charge >= 0.3 is 6.18 Å². The van der Waals surface area contributed by atoms with Crippen LogP contribution in [0.3, 0.4) is 0 Å². The average molecular weight is 340 g/mol. The lowest BCUT2D eigenvalue weighted by molar-refractivity contribution is -0.184. The first kappa shape index (κ1) is 16.8. The van der Waals surface area contributed by atoms with Crippen LogP contribution in [0.2, 0.25) is 0 Å². The predicted octanol–water partition coefficient (Wildman–Crippen LogP) is 3.23. The van der Waals surface area contributed by atoms with Gasteiger partial charge in [0.25, 0.3) is 5.91 Å². The molecule has 0 bridgehead atoms. The summed E-state index contributed by atoms with van der Waals surface area (Å²) in [5.74, 6) is -1.78. The Morgan fingerprint density at radius 2 is 1.79 bits per heavy atom. The first-order chi connectivity index (χ1) is 11.4. The molecule has 0 saturated carbocycles. The van der Waals surface area contributed by atoms with Crippen molar-refractivity contribution in [3.05, 3.63) is 29.8 Å².